The molecular formula is C11H9ClF2N4OS. The minimum Gasteiger partial charge on any atom is -0.434 e. The number of thiazole rings is 1. The summed E-state index contributed by atoms with van der Waals surface area (Å²) in [4.78, 5) is 3.92. The third kappa shape index (κ3) is 4.04. The molecule has 0 aliphatic rings. The number of rotatable bonds is 5. The molecule has 3 N–H and O–H groups in total. The highest BCUT2D eigenvalue weighted by molar-refractivity contribution is 7.14. The van der Waals surface area contributed by atoms with E-state index in [4.69, 9.17) is 17.3 Å². The van der Waals surface area contributed by atoms with Crippen LogP contribution < -0.4 is 15.9 Å². The molecule has 0 aliphatic heterocycles. The fraction of sp³-hybridized carbons (Fsp3) is 0.0909. The van der Waals surface area contributed by atoms with Crippen molar-refractivity contribution in [2.45, 2.75) is 6.61 Å². The van der Waals surface area contributed by atoms with E-state index in [9.17, 15) is 8.78 Å². The lowest BCUT2D eigenvalue weighted by molar-refractivity contribution is -0.0499. The fourth-order valence-electron chi connectivity index (χ4n) is 1.32. The molecule has 0 atom stereocenters. The normalized spacial score (nSPS) is 11.2. The van der Waals surface area contributed by atoms with Gasteiger partial charge in [-0.3, -0.25) is 5.43 Å². The van der Waals surface area contributed by atoms with Gasteiger partial charge in [0.1, 0.15) is 11.6 Å². The Bertz CT molecular complexity index is 620. The summed E-state index contributed by atoms with van der Waals surface area (Å²) in [6.07, 6.45) is 1.31. The van der Waals surface area contributed by atoms with Gasteiger partial charge in [-0.15, -0.1) is 11.3 Å². The Kier molecular flexibility index (Phi) is 4.70. The fourth-order valence-corrected chi connectivity index (χ4v) is 2.05. The highest BCUT2D eigenvalue weighted by Gasteiger charge is 2.09. The SMILES string of the molecule is Nc1csc(NN=Cc2cc(Cl)ccc2OC(F)F)n1. The molecule has 0 radical (unpaired) electrons. The van der Waals surface area contributed by atoms with Crippen molar-refractivity contribution in [3.63, 3.8) is 0 Å². The van der Waals surface area contributed by atoms with E-state index >= 15 is 0 Å². The van der Waals surface area contributed by atoms with Gasteiger partial charge in [-0.2, -0.15) is 13.9 Å². The summed E-state index contributed by atoms with van der Waals surface area (Å²) in [7, 11) is 0. The predicted octanol–water partition coefficient (Wildman–Crippen LogP) is 3.43. The Morgan fingerprint density at radius 2 is 2.30 bits per heavy atom. The molecule has 0 unspecified atom stereocenters. The first-order valence-electron chi connectivity index (χ1n) is 5.29. The van der Waals surface area contributed by atoms with Gasteiger partial charge in [0, 0.05) is 16.0 Å². The van der Waals surface area contributed by atoms with Gasteiger partial charge in [0.2, 0.25) is 5.13 Å². The molecule has 1 aromatic heterocycles. The summed E-state index contributed by atoms with van der Waals surface area (Å²) in [5.41, 5.74) is 8.39. The molecule has 5 nitrogen and oxygen atoms in total. The van der Waals surface area contributed by atoms with Crippen LogP contribution in [0, 0.1) is 0 Å². The van der Waals surface area contributed by atoms with Gasteiger partial charge in [-0.25, -0.2) is 4.98 Å². The van der Waals surface area contributed by atoms with Gasteiger partial charge in [-0.1, -0.05) is 11.6 Å². The van der Waals surface area contributed by atoms with Gasteiger partial charge in [0.15, 0.2) is 0 Å². The van der Waals surface area contributed by atoms with E-state index in [1.54, 1.807) is 5.38 Å². The summed E-state index contributed by atoms with van der Waals surface area (Å²) in [6.45, 7) is -2.92. The zero-order valence-corrected chi connectivity index (χ0v) is 11.5. The molecule has 0 fully saturated rings. The molecule has 1 heterocycles. The molecule has 0 saturated heterocycles. The lowest BCUT2D eigenvalue weighted by Crippen LogP contribution is -2.04. The van der Waals surface area contributed by atoms with Crippen molar-refractivity contribution in [1.82, 2.24) is 4.98 Å². The van der Waals surface area contributed by atoms with Gasteiger partial charge in [0.05, 0.1) is 6.21 Å². The van der Waals surface area contributed by atoms with Gasteiger partial charge in [-0.05, 0) is 18.2 Å². The number of ether oxygens (including phenoxy) is 1. The number of alkyl halides is 2. The van der Waals surface area contributed by atoms with Crippen LogP contribution in [0.5, 0.6) is 5.75 Å². The Morgan fingerprint density at radius 3 is 2.95 bits per heavy atom. The van der Waals surface area contributed by atoms with E-state index in [1.807, 2.05) is 0 Å². The summed E-state index contributed by atoms with van der Waals surface area (Å²) >= 11 is 7.07. The molecule has 20 heavy (non-hydrogen) atoms. The number of halogens is 3. The van der Waals surface area contributed by atoms with Crippen LogP contribution in [-0.4, -0.2) is 17.8 Å². The van der Waals surface area contributed by atoms with Crippen LogP contribution in [0.2, 0.25) is 5.02 Å². The molecule has 0 bridgehead atoms. The molecule has 1 aromatic carbocycles. The summed E-state index contributed by atoms with van der Waals surface area (Å²) in [6, 6.07) is 4.25. The second-order valence-electron chi connectivity index (χ2n) is 3.51. The second kappa shape index (κ2) is 6.49. The Hall–Kier alpha value is -1.93. The maximum atomic E-state index is 12.3. The average Bonchev–Trinajstić information content (AvgIpc) is 2.78. The molecule has 9 heteroatoms. The number of nitrogens with zero attached hydrogens (tertiary/aromatic N) is 2. The van der Waals surface area contributed by atoms with Crippen molar-refractivity contribution < 1.29 is 13.5 Å². The van der Waals surface area contributed by atoms with Gasteiger partial charge >= 0.3 is 6.61 Å². The Morgan fingerprint density at radius 1 is 1.50 bits per heavy atom. The number of anilines is 2. The van der Waals surface area contributed by atoms with E-state index in [2.05, 4.69) is 20.2 Å². The van der Waals surface area contributed by atoms with Crippen LogP contribution in [0.15, 0.2) is 28.7 Å². The molecule has 106 valence electrons. The third-order valence-electron chi connectivity index (χ3n) is 2.07. The first-order chi connectivity index (χ1) is 9.54. The molecule has 0 amide bonds. The number of hydrazone groups is 1. The molecule has 0 saturated carbocycles. The monoisotopic (exact) mass is 318 g/mol. The van der Waals surface area contributed by atoms with Crippen LogP contribution in [-0.2, 0) is 0 Å². The van der Waals surface area contributed by atoms with Crippen molar-refractivity contribution in [3.05, 3.63) is 34.2 Å². The predicted molar refractivity (Wildman–Crippen MR) is 75.8 cm³/mol. The van der Waals surface area contributed by atoms with Gasteiger partial charge in [0.25, 0.3) is 0 Å². The van der Waals surface area contributed by atoms with Crippen molar-refractivity contribution in [1.29, 1.82) is 0 Å². The maximum Gasteiger partial charge on any atom is 0.387 e. The number of nitrogens with two attached hydrogens (primary N) is 1. The van der Waals surface area contributed by atoms with Crippen molar-refractivity contribution >= 4 is 40.1 Å². The molecule has 0 spiro atoms. The minimum atomic E-state index is -2.92. The quantitative estimate of drug-likeness (QED) is 0.654. The molecule has 2 rings (SSSR count). The molecular weight excluding hydrogens is 310 g/mol. The van der Waals surface area contributed by atoms with E-state index < -0.39 is 6.61 Å². The largest absolute Gasteiger partial charge is 0.434 e. The number of nitrogens with one attached hydrogen (secondary N) is 1. The number of benzene rings is 1. The van der Waals surface area contributed by atoms with E-state index in [1.165, 1.54) is 35.8 Å². The first kappa shape index (κ1) is 14.5. The van der Waals surface area contributed by atoms with Crippen molar-refractivity contribution in [3.8, 4) is 5.75 Å². The van der Waals surface area contributed by atoms with Crippen LogP contribution in [0.4, 0.5) is 19.7 Å². The molecule has 0 aliphatic carbocycles. The number of hydrogen-bond donors (Lipinski definition) is 2. The third-order valence-corrected chi connectivity index (χ3v) is 3.07. The number of hydrogen-bond acceptors (Lipinski definition) is 6. The second-order valence-corrected chi connectivity index (χ2v) is 4.80. The van der Waals surface area contributed by atoms with Crippen LogP contribution in [0.1, 0.15) is 5.56 Å². The van der Waals surface area contributed by atoms with E-state index in [-0.39, 0.29) is 5.75 Å². The number of aromatic nitrogens is 1. The lowest BCUT2D eigenvalue weighted by Gasteiger charge is -2.07. The highest BCUT2D eigenvalue weighted by Crippen LogP contribution is 2.23. The smallest absolute Gasteiger partial charge is 0.387 e. The lowest BCUT2D eigenvalue weighted by atomic mass is 10.2. The van der Waals surface area contributed by atoms with Crippen LogP contribution in [0.3, 0.4) is 0 Å². The van der Waals surface area contributed by atoms with Crippen LogP contribution in [0.25, 0.3) is 0 Å². The van der Waals surface area contributed by atoms with E-state index in [0.29, 0.717) is 21.5 Å². The summed E-state index contributed by atoms with van der Waals surface area (Å²) < 4.78 is 28.9. The Labute approximate surface area is 122 Å². The minimum absolute atomic E-state index is 0.0198. The Balaban J connectivity index is 2.12. The van der Waals surface area contributed by atoms with Gasteiger partial charge < -0.3 is 10.5 Å². The zero-order chi connectivity index (χ0) is 14.5. The standard InChI is InChI=1S/C11H9ClF2N4OS/c12-7-1-2-8(19-10(13)14)6(3-7)4-16-18-11-17-9(15)5-20-11/h1-5,10H,15H2,(H,17,18). The summed E-state index contributed by atoms with van der Waals surface area (Å²) in [5, 5.41) is 6.37. The average molecular weight is 319 g/mol. The topological polar surface area (TPSA) is 72.5 Å². The maximum absolute atomic E-state index is 12.3. The summed E-state index contributed by atoms with van der Waals surface area (Å²) in [5.74, 6) is 0.353. The number of nitrogen functional groups attached to an aromatic ring is 1. The van der Waals surface area contributed by atoms with E-state index in [0.717, 1.165) is 0 Å². The first-order valence-corrected chi connectivity index (χ1v) is 6.55. The van der Waals surface area contributed by atoms with Crippen molar-refractivity contribution in [2.75, 3.05) is 11.2 Å². The highest BCUT2D eigenvalue weighted by atomic mass is 35.5. The zero-order valence-electron chi connectivity index (χ0n) is 9.89. The van der Waals surface area contributed by atoms with Crippen molar-refractivity contribution in [2.24, 2.45) is 5.10 Å². The van der Waals surface area contributed by atoms with Crippen LogP contribution >= 0.6 is 22.9 Å². The molecule has 2 aromatic rings.